The third-order valence-corrected chi connectivity index (χ3v) is 2.99. The minimum Gasteiger partial charge on any atom is -0.369 e. The first kappa shape index (κ1) is 15.7. The van der Waals surface area contributed by atoms with Gasteiger partial charge in [-0.15, -0.1) is 0 Å². The minimum absolute atomic E-state index is 0.0280. The topological polar surface area (TPSA) is 75.8 Å². The molecule has 5 nitrogen and oxygen atoms in total. The van der Waals surface area contributed by atoms with E-state index in [9.17, 15) is 8.42 Å². The Hall–Kier alpha value is -1.30. The van der Waals surface area contributed by atoms with Gasteiger partial charge in [0.1, 0.15) is 0 Å². The lowest BCUT2D eigenvalue weighted by atomic mass is 10.2. The molecule has 6 heteroatoms. The van der Waals surface area contributed by atoms with Crippen LogP contribution in [-0.4, -0.2) is 32.6 Å². The van der Waals surface area contributed by atoms with E-state index in [2.05, 4.69) is 4.99 Å². The van der Waals surface area contributed by atoms with Crippen LogP contribution in [0.15, 0.2) is 28.4 Å². The SMILES string of the molecule is C/C=C(\N=C(\N)N(C)/C=C\C(C)C)S(C)(=O)=O. The van der Waals surface area contributed by atoms with Crippen molar-refractivity contribution in [2.75, 3.05) is 13.3 Å². The molecule has 0 fully saturated rings. The van der Waals surface area contributed by atoms with Crippen molar-refractivity contribution in [2.24, 2.45) is 16.6 Å². The Bertz CT molecular complexity index is 434. The van der Waals surface area contributed by atoms with Crippen molar-refractivity contribution in [2.45, 2.75) is 20.8 Å². The summed E-state index contributed by atoms with van der Waals surface area (Å²) in [5.41, 5.74) is 5.70. The van der Waals surface area contributed by atoms with Gasteiger partial charge in [0.15, 0.2) is 14.9 Å². The van der Waals surface area contributed by atoms with Crippen molar-refractivity contribution in [3.05, 3.63) is 23.4 Å². The van der Waals surface area contributed by atoms with E-state index in [-0.39, 0.29) is 11.0 Å². The maximum atomic E-state index is 11.3. The molecule has 0 atom stereocenters. The molecule has 2 N–H and O–H groups in total. The van der Waals surface area contributed by atoms with E-state index >= 15 is 0 Å². The van der Waals surface area contributed by atoms with Gasteiger partial charge in [0.05, 0.1) is 0 Å². The lowest BCUT2D eigenvalue weighted by molar-refractivity contribution is 0.606. The molecule has 0 saturated heterocycles. The summed E-state index contributed by atoms with van der Waals surface area (Å²) in [7, 11) is -1.62. The standard InChI is InChI=1S/C11H21N3O2S/c1-6-10(17(5,15)16)13-11(12)14(4)8-7-9(2)3/h6-9H,1-5H3,(H2,12,13)/b8-7-,10-6+. The van der Waals surface area contributed by atoms with Crippen LogP contribution in [0.25, 0.3) is 0 Å². The van der Waals surface area contributed by atoms with Crippen LogP contribution in [0, 0.1) is 5.92 Å². The van der Waals surface area contributed by atoms with E-state index in [1.54, 1.807) is 25.1 Å². The zero-order valence-electron chi connectivity index (χ0n) is 11.0. The van der Waals surface area contributed by atoms with Gasteiger partial charge in [0.25, 0.3) is 0 Å². The van der Waals surface area contributed by atoms with Crippen molar-refractivity contribution < 1.29 is 8.42 Å². The summed E-state index contributed by atoms with van der Waals surface area (Å²) in [5, 5.41) is -0.0280. The lowest BCUT2D eigenvalue weighted by Gasteiger charge is -2.13. The highest BCUT2D eigenvalue weighted by atomic mass is 32.2. The number of rotatable bonds is 4. The second-order valence-corrected chi connectivity index (χ2v) is 6.03. The van der Waals surface area contributed by atoms with Crippen molar-refractivity contribution in [1.29, 1.82) is 0 Å². The van der Waals surface area contributed by atoms with E-state index in [0.29, 0.717) is 5.92 Å². The molecule has 0 spiro atoms. The number of hydrogen-bond acceptors (Lipinski definition) is 3. The van der Waals surface area contributed by atoms with Crippen LogP contribution >= 0.6 is 0 Å². The normalized spacial score (nSPS) is 14.7. The Kier molecular flexibility index (Phi) is 5.95. The van der Waals surface area contributed by atoms with Crippen molar-refractivity contribution in [3.8, 4) is 0 Å². The summed E-state index contributed by atoms with van der Waals surface area (Å²) in [6.07, 6.45) is 6.22. The minimum atomic E-state index is -3.33. The van der Waals surface area contributed by atoms with Crippen LogP contribution in [0.3, 0.4) is 0 Å². The fourth-order valence-corrected chi connectivity index (χ4v) is 1.62. The lowest BCUT2D eigenvalue weighted by Crippen LogP contribution is -2.30. The maximum Gasteiger partial charge on any atom is 0.200 e. The first-order valence-corrected chi connectivity index (χ1v) is 7.19. The van der Waals surface area contributed by atoms with E-state index in [1.165, 1.54) is 6.08 Å². The quantitative estimate of drug-likeness (QED) is 0.610. The monoisotopic (exact) mass is 259 g/mol. The number of hydrogen-bond donors (Lipinski definition) is 1. The summed E-state index contributed by atoms with van der Waals surface area (Å²) in [4.78, 5) is 5.46. The third kappa shape index (κ3) is 6.11. The molecule has 0 saturated carbocycles. The van der Waals surface area contributed by atoms with Crippen molar-refractivity contribution >= 4 is 15.8 Å². The number of guanidine groups is 1. The fraction of sp³-hybridized carbons (Fsp3) is 0.545. The molecular formula is C11H21N3O2S. The molecule has 0 unspecified atom stereocenters. The van der Waals surface area contributed by atoms with Gasteiger partial charge < -0.3 is 10.6 Å². The molecule has 0 amide bonds. The summed E-state index contributed by atoms with van der Waals surface area (Å²) < 4.78 is 22.6. The molecule has 0 aromatic heterocycles. The van der Waals surface area contributed by atoms with Gasteiger partial charge in [0.2, 0.25) is 5.96 Å². The molecule has 0 aliphatic rings. The van der Waals surface area contributed by atoms with E-state index < -0.39 is 9.84 Å². The van der Waals surface area contributed by atoms with Gasteiger partial charge in [-0.2, -0.15) is 0 Å². The largest absolute Gasteiger partial charge is 0.369 e. The van der Waals surface area contributed by atoms with Crippen LogP contribution in [0.1, 0.15) is 20.8 Å². The molecule has 0 aromatic carbocycles. The van der Waals surface area contributed by atoms with Crippen molar-refractivity contribution in [1.82, 2.24) is 4.90 Å². The molecule has 0 rings (SSSR count). The highest BCUT2D eigenvalue weighted by Crippen LogP contribution is 2.06. The molecule has 0 heterocycles. The van der Waals surface area contributed by atoms with E-state index in [4.69, 9.17) is 5.73 Å². The summed E-state index contributed by atoms with van der Waals surface area (Å²) in [5.74, 6) is 0.529. The highest BCUT2D eigenvalue weighted by Gasteiger charge is 2.10. The Balaban J connectivity index is 4.98. The summed E-state index contributed by atoms with van der Waals surface area (Å²) in [6.45, 7) is 5.67. The average molecular weight is 259 g/mol. The van der Waals surface area contributed by atoms with Crippen LogP contribution in [-0.2, 0) is 9.84 Å². The zero-order chi connectivity index (χ0) is 13.6. The number of nitrogens with two attached hydrogens (primary N) is 1. The molecule has 0 bridgehead atoms. The van der Waals surface area contributed by atoms with Crippen LogP contribution in [0.2, 0.25) is 0 Å². The molecule has 0 aliphatic heterocycles. The number of sulfone groups is 1. The maximum absolute atomic E-state index is 11.3. The Morgan fingerprint density at radius 1 is 1.41 bits per heavy atom. The second-order valence-electron chi connectivity index (χ2n) is 4.07. The first-order chi connectivity index (χ1) is 7.68. The highest BCUT2D eigenvalue weighted by molar-refractivity contribution is 7.94. The molecule has 0 radical (unpaired) electrons. The van der Waals surface area contributed by atoms with Crippen LogP contribution < -0.4 is 5.73 Å². The molecule has 0 aromatic rings. The van der Waals surface area contributed by atoms with Gasteiger partial charge >= 0.3 is 0 Å². The summed E-state index contributed by atoms with van der Waals surface area (Å²) >= 11 is 0. The Morgan fingerprint density at radius 2 is 1.94 bits per heavy atom. The molecule has 17 heavy (non-hydrogen) atoms. The zero-order valence-corrected chi connectivity index (χ0v) is 11.8. The number of allylic oxidation sites excluding steroid dienone is 2. The molecular weight excluding hydrogens is 238 g/mol. The number of nitrogens with zero attached hydrogens (tertiary/aromatic N) is 2. The predicted octanol–water partition coefficient (Wildman–Crippen LogP) is 1.31. The van der Waals surface area contributed by atoms with E-state index in [1.807, 2.05) is 19.9 Å². The van der Waals surface area contributed by atoms with Gasteiger partial charge in [-0.25, -0.2) is 13.4 Å². The third-order valence-electron chi connectivity index (χ3n) is 1.91. The van der Waals surface area contributed by atoms with Crippen molar-refractivity contribution in [3.63, 3.8) is 0 Å². The van der Waals surface area contributed by atoms with Crippen LogP contribution in [0.5, 0.6) is 0 Å². The number of aliphatic imine (C=N–C) groups is 1. The second kappa shape index (κ2) is 6.44. The van der Waals surface area contributed by atoms with Gasteiger partial charge in [-0.05, 0) is 18.9 Å². The van der Waals surface area contributed by atoms with Gasteiger partial charge in [-0.1, -0.05) is 19.9 Å². The molecule has 98 valence electrons. The summed E-state index contributed by atoms with van der Waals surface area (Å²) in [6, 6.07) is 0. The Morgan fingerprint density at radius 3 is 2.29 bits per heavy atom. The van der Waals surface area contributed by atoms with Crippen LogP contribution in [0.4, 0.5) is 0 Å². The average Bonchev–Trinajstić information content (AvgIpc) is 2.20. The van der Waals surface area contributed by atoms with Gasteiger partial charge in [0, 0.05) is 19.5 Å². The molecule has 0 aliphatic carbocycles. The smallest absolute Gasteiger partial charge is 0.200 e. The predicted molar refractivity (Wildman–Crippen MR) is 72.0 cm³/mol. The van der Waals surface area contributed by atoms with E-state index in [0.717, 1.165) is 6.26 Å². The Labute approximate surface area is 104 Å². The first-order valence-electron chi connectivity index (χ1n) is 5.30. The fourth-order valence-electron chi connectivity index (χ4n) is 0.931. The van der Waals surface area contributed by atoms with Gasteiger partial charge in [-0.3, -0.25) is 0 Å².